The van der Waals surface area contributed by atoms with Crippen molar-refractivity contribution in [3.63, 3.8) is 0 Å². The average molecular weight is 270 g/mol. The van der Waals surface area contributed by atoms with Gasteiger partial charge in [-0.25, -0.2) is 4.39 Å². The second-order valence-corrected chi connectivity index (χ2v) is 4.42. The SMILES string of the molecule is CCC(N)Cc1noc(-c2ccc(F)c(Cl)c2)n1. The van der Waals surface area contributed by atoms with E-state index in [1.165, 1.54) is 18.2 Å². The highest BCUT2D eigenvalue weighted by Gasteiger charge is 2.12. The predicted molar refractivity (Wildman–Crippen MR) is 66.7 cm³/mol. The van der Waals surface area contributed by atoms with Gasteiger partial charge in [-0.15, -0.1) is 0 Å². The van der Waals surface area contributed by atoms with E-state index in [9.17, 15) is 4.39 Å². The van der Waals surface area contributed by atoms with Gasteiger partial charge in [0.1, 0.15) is 5.82 Å². The Balaban J connectivity index is 2.21. The minimum atomic E-state index is -0.479. The van der Waals surface area contributed by atoms with Gasteiger partial charge in [0.25, 0.3) is 5.89 Å². The van der Waals surface area contributed by atoms with E-state index in [0.29, 0.717) is 23.7 Å². The van der Waals surface area contributed by atoms with Gasteiger partial charge in [-0.3, -0.25) is 0 Å². The number of rotatable bonds is 4. The Morgan fingerprint density at radius 1 is 1.50 bits per heavy atom. The molecule has 0 bridgehead atoms. The molecular weight excluding hydrogens is 257 g/mol. The Bertz CT molecular complexity index is 544. The lowest BCUT2D eigenvalue weighted by molar-refractivity contribution is 0.419. The van der Waals surface area contributed by atoms with E-state index in [2.05, 4.69) is 10.1 Å². The molecule has 2 N–H and O–H groups in total. The number of benzene rings is 1. The molecule has 1 aromatic carbocycles. The lowest BCUT2D eigenvalue weighted by atomic mass is 10.1. The molecule has 1 heterocycles. The summed E-state index contributed by atoms with van der Waals surface area (Å²) in [4.78, 5) is 4.20. The fourth-order valence-electron chi connectivity index (χ4n) is 1.46. The average Bonchev–Trinajstić information content (AvgIpc) is 2.81. The Morgan fingerprint density at radius 2 is 2.28 bits per heavy atom. The zero-order chi connectivity index (χ0) is 13.1. The van der Waals surface area contributed by atoms with Crippen molar-refractivity contribution < 1.29 is 8.91 Å². The molecule has 2 aromatic rings. The topological polar surface area (TPSA) is 64.9 Å². The summed E-state index contributed by atoms with van der Waals surface area (Å²) in [7, 11) is 0. The number of nitrogens with two attached hydrogens (primary N) is 1. The van der Waals surface area contributed by atoms with Crippen molar-refractivity contribution >= 4 is 11.6 Å². The van der Waals surface area contributed by atoms with E-state index >= 15 is 0 Å². The Kier molecular flexibility index (Phi) is 3.93. The summed E-state index contributed by atoms with van der Waals surface area (Å²) in [6.07, 6.45) is 1.39. The number of hydrogen-bond acceptors (Lipinski definition) is 4. The van der Waals surface area contributed by atoms with Crippen LogP contribution in [0.1, 0.15) is 19.2 Å². The summed E-state index contributed by atoms with van der Waals surface area (Å²) in [6, 6.07) is 4.26. The lowest BCUT2D eigenvalue weighted by Crippen LogP contribution is -2.21. The van der Waals surface area contributed by atoms with Crippen LogP contribution in [0.25, 0.3) is 11.5 Å². The van der Waals surface area contributed by atoms with Gasteiger partial charge < -0.3 is 10.3 Å². The largest absolute Gasteiger partial charge is 0.334 e. The van der Waals surface area contributed by atoms with E-state index in [1.807, 2.05) is 6.92 Å². The van der Waals surface area contributed by atoms with Crippen molar-refractivity contribution in [2.45, 2.75) is 25.8 Å². The summed E-state index contributed by atoms with van der Waals surface area (Å²) in [5.41, 5.74) is 6.39. The van der Waals surface area contributed by atoms with E-state index in [1.54, 1.807) is 0 Å². The fourth-order valence-corrected chi connectivity index (χ4v) is 1.64. The van der Waals surface area contributed by atoms with Crippen LogP contribution in [-0.2, 0) is 6.42 Å². The van der Waals surface area contributed by atoms with Gasteiger partial charge in [0.05, 0.1) is 5.02 Å². The van der Waals surface area contributed by atoms with Crippen molar-refractivity contribution in [3.8, 4) is 11.5 Å². The number of hydrogen-bond donors (Lipinski definition) is 1. The van der Waals surface area contributed by atoms with Crippen LogP contribution in [0.4, 0.5) is 4.39 Å². The van der Waals surface area contributed by atoms with Crippen molar-refractivity contribution in [1.29, 1.82) is 0 Å². The quantitative estimate of drug-likeness (QED) is 0.927. The number of nitrogens with zero attached hydrogens (tertiary/aromatic N) is 2. The smallest absolute Gasteiger partial charge is 0.257 e. The highest BCUT2D eigenvalue weighted by molar-refractivity contribution is 6.31. The summed E-state index contributed by atoms with van der Waals surface area (Å²) in [5, 5.41) is 3.86. The lowest BCUT2D eigenvalue weighted by Gasteiger charge is -2.02. The van der Waals surface area contributed by atoms with Crippen LogP contribution >= 0.6 is 11.6 Å². The highest BCUT2D eigenvalue weighted by Crippen LogP contribution is 2.23. The van der Waals surface area contributed by atoms with E-state index in [-0.39, 0.29) is 11.1 Å². The highest BCUT2D eigenvalue weighted by atomic mass is 35.5. The molecule has 0 aliphatic heterocycles. The van der Waals surface area contributed by atoms with E-state index in [0.717, 1.165) is 6.42 Å². The predicted octanol–water partition coefficient (Wildman–Crippen LogP) is 2.81. The zero-order valence-electron chi connectivity index (χ0n) is 9.86. The summed E-state index contributed by atoms with van der Waals surface area (Å²) >= 11 is 5.69. The van der Waals surface area contributed by atoms with Gasteiger partial charge >= 0.3 is 0 Å². The zero-order valence-corrected chi connectivity index (χ0v) is 10.6. The standard InChI is InChI=1S/C12H13ClFN3O/c1-2-8(15)6-11-16-12(18-17-11)7-3-4-10(14)9(13)5-7/h3-5,8H,2,6,15H2,1H3. The Labute approximate surface area is 109 Å². The number of aromatic nitrogens is 2. The molecule has 0 aliphatic carbocycles. The minimum absolute atomic E-state index is 0.00672. The fraction of sp³-hybridized carbons (Fsp3) is 0.333. The molecule has 0 fully saturated rings. The maximum absolute atomic E-state index is 13.0. The third kappa shape index (κ3) is 2.86. The first-order valence-electron chi connectivity index (χ1n) is 5.63. The molecule has 0 saturated carbocycles. The molecule has 96 valence electrons. The Morgan fingerprint density at radius 3 is 2.94 bits per heavy atom. The van der Waals surface area contributed by atoms with E-state index < -0.39 is 5.82 Å². The summed E-state index contributed by atoms with van der Waals surface area (Å²) in [5.74, 6) is 0.378. The first-order valence-corrected chi connectivity index (χ1v) is 6.01. The molecule has 18 heavy (non-hydrogen) atoms. The molecule has 0 saturated heterocycles. The minimum Gasteiger partial charge on any atom is -0.334 e. The van der Waals surface area contributed by atoms with Gasteiger partial charge in [-0.1, -0.05) is 23.7 Å². The van der Waals surface area contributed by atoms with Crippen molar-refractivity contribution in [2.75, 3.05) is 0 Å². The normalized spacial score (nSPS) is 12.7. The molecule has 4 nitrogen and oxygen atoms in total. The van der Waals surface area contributed by atoms with Crippen molar-refractivity contribution in [1.82, 2.24) is 10.1 Å². The van der Waals surface area contributed by atoms with Crippen molar-refractivity contribution in [3.05, 3.63) is 34.9 Å². The van der Waals surface area contributed by atoms with Crippen LogP contribution in [0.15, 0.2) is 22.7 Å². The second-order valence-electron chi connectivity index (χ2n) is 4.02. The van der Waals surface area contributed by atoms with Crippen LogP contribution in [-0.4, -0.2) is 16.2 Å². The first-order chi connectivity index (χ1) is 8.60. The van der Waals surface area contributed by atoms with Crippen molar-refractivity contribution in [2.24, 2.45) is 5.73 Å². The second kappa shape index (κ2) is 5.46. The van der Waals surface area contributed by atoms with Crippen LogP contribution in [0.5, 0.6) is 0 Å². The maximum atomic E-state index is 13.0. The molecule has 0 radical (unpaired) electrons. The van der Waals surface area contributed by atoms with Gasteiger partial charge in [-0.2, -0.15) is 4.98 Å². The molecule has 0 aliphatic rings. The molecule has 1 aromatic heterocycles. The van der Waals surface area contributed by atoms with Gasteiger partial charge in [0, 0.05) is 18.0 Å². The third-order valence-electron chi connectivity index (χ3n) is 2.60. The molecule has 1 atom stereocenters. The Hall–Kier alpha value is -1.46. The van der Waals surface area contributed by atoms with Gasteiger partial charge in [0.2, 0.25) is 0 Å². The summed E-state index contributed by atoms with van der Waals surface area (Å²) < 4.78 is 18.1. The van der Waals surface area contributed by atoms with Crippen LogP contribution in [0, 0.1) is 5.82 Å². The monoisotopic (exact) mass is 269 g/mol. The van der Waals surface area contributed by atoms with Crippen LogP contribution < -0.4 is 5.73 Å². The van der Waals surface area contributed by atoms with Gasteiger partial charge in [-0.05, 0) is 24.6 Å². The molecule has 1 unspecified atom stereocenters. The van der Waals surface area contributed by atoms with Gasteiger partial charge in [0.15, 0.2) is 5.82 Å². The molecule has 2 rings (SSSR count). The third-order valence-corrected chi connectivity index (χ3v) is 2.89. The summed E-state index contributed by atoms with van der Waals surface area (Å²) in [6.45, 7) is 1.99. The van der Waals surface area contributed by atoms with E-state index in [4.69, 9.17) is 21.9 Å². The molecule has 0 spiro atoms. The van der Waals surface area contributed by atoms with Crippen LogP contribution in [0.3, 0.4) is 0 Å². The molecular formula is C12H13ClFN3O. The first kappa shape index (κ1) is 13.0. The van der Waals surface area contributed by atoms with Crippen LogP contribution in [0.2, 0.25) is 5.02 Å². The maximum Gasteiger partial charge on any atom is 0.257 e. The molecule has 0 amide bonds. The number of halogens is 2. The molecule has 6 heteroatoms.